The van der Waals surface area contributed by atoms with Gasteiger partial charge in [0, 0.05) is 23.5 Å². The average Bonchev–Trinajstić information content (AvgIpc) is 2.73. The molecule has 1 unspecified atom stereocenters. The van der Waals surface area contributed by atoms with E-state index in [4.69, 9.17) is 15.5 Å². The molecule has 142 valence electrons. The van der Waals surface area contributed by atoms with Crippen molar-refractivity contribution in [3.8, 4) is 5.75 Å². The fourth-order valence-electron chi connectivity index (χ4n) is 2.91. The van der Waals surface area contributed by atoms with Crippen molar-refractivity contribution in [2.75, 3.05) is 25.5 Å². The predicted octanol–water partition coefficient (Wildman–Crippen LogP) is 3.10. The molecule has 6 nitrogen and oxygen atoms in total. The highest BCUT2D eigenvalue weighted by atomic mass is 32.2. The van der Waals surface area contributed by atoms with Crippen LogP contribution in [0.15, 0.2) is 69.3 Å². The molecule has 0 saturated heterocycles. The molecular weight excluding hydrogens is 360 g/mol. The zero-order valence-electron chi connectivity index (χ0n) is 15.7. The minimum absolute atomic E-state index is 0.201. The van der Waals surface area contributed by atoms with E-state index in [9.17, 15) is 4.21 Å². The summed E-state index contributed by atoms with van der Waals surface area (Å²) in [4.78, 5) is 7.50. The van der Waals surface area contributed by atoms with E-state index in [1.165, 1.54) is 0 Å². The van der Waals surface area contributed by atoms with Crippen LogP contribution in [0.5, 0.6) is 5.75 Å². The van der Waals surface area contributed by atoms with Crippen LogP contribution < -0.4 is 15.8 Å². The van der Waals surface area contributed by atoms with Crippen molar-refractivity contribution in [1.29, 1.82) is 0 Å². The molecular formula is C20H24N4O2S. The third-order valence-electron chi connectivity index (χ3n) is 4.39. The second-order valence-corrected chi connectivity index (χ2v) is 7.39. The van der Waals surface area contributed by atoms with Crippen molar-refractivity contribution in [2.45, 2.75) is 18.7 Å². The maximum absolute atomic E-state index is 12.9. The maximum atomic E-state index is 12.9. The average molecular weight is 385 g/mol. The van der Waals surface area contributed by atoms with Gasteiger partial charge in [-0.15, -0.1) is 0 Å². The third-order valence-corrected chi connectivity index (χ3v) is 5.68. The summed E-state index contributed by atoms with van der Waals surface area (Å²) in [7, 11) is 0.141. The van der Waals surface area contributed by atoms with Crippen LogP contribution in [0.25, 0.3) is 0 Å². The Morgan fingerprint density at radius 2 is 1.89 bits per heavy atom. The monoisotopic (exact) mass is 384 g/mol. The Bertz CT molecular complexity index is 905. The summed E-state index contributed by atoms with van der Waals surface area (Å²) < 4.78 is 18.2. The molecule has 0 saturated carbocycles. The largest absolute Gasteiger partial charge is 0.497 e. The SMILES string of the molecule is CCN(CC)C1=N/C(=C(/N)S(=O)c2ccccc2)Nc2ccc(OC)cc21. The Labute approximate surface area is 162 Å². The number of nitrogens with one attached hydrogen (secondary N) is 1. The first-order valence-corrected chi connectivity index (χ1v) is 9.99. The first-order valence-electron chi connectivity index (χ1n) is 8.84. The smallest absolute Gasteiger partial charge is 0.165 e. The number of methoxy groups -OCH3 is 1. The van der Waals surface area contributed by atoms with Crippen LogP contribution in [0.4, 0.5) is 5.69 Å². The molecule has 0 fully saturated rings. The number of fused-ring (bicyclic) bond motifs is 1. The summed E-state index contributed by atoms with van der Waals surface area (Å²) >= 11 is 0. The van der Waals surface area contributed by atoms with Gasteiger partial charge in [-0.25, -0.2) is 9.20 Å². The lowest BCUT2D eigenvalue weighted by molar-refractivity contribution is 0.414. The summed E-state index contributed by atoms with van der Waals surface area (Å²) in [5, 5.41) is 3.42. The van der Waals surface area contributed by atoms with Crippen LogP contribution in [-0.2, 0) is 10.8 Å². The van der Waals surface area contributed by atoms with Crippen molar-refractivity contribution in [3.63, 3.8) is 0 Å². The molecule has 0 spiro atoms. The van der Waals surface area contributed by atoms with Gasteiger partial charge in [0.2, 0.25) is 0 Å². The predicted molar refractivity (Wildman–Crippen MR) is 110 cm³/mol. The summed E-state index contributed by atoms with van der Waals surface area (Å²) in [6.45, 7) is 5.73. The summed E-state index contributed by atoms with van der Waals surface area (Å²) in [6, 6.07) is 14.9. The number of nitrogens with two attached hydrogens (primary N) is 1. The Morgan fingerprint density at radius 3 is 2.52 bits per heavy atom. The summed E-state index contributed by atoms with van der Waals surface area (Å²) in [5.74, 6) is 1.95. The van der Waals surface area contributed by atoms with Crippen LogP contribution in [-0.4, -0.2) is 35.1 Å². The van der Waals surface area contributed by atoms with E-state index >= 15 is 0 Å². The van der Waals surface area contributed by atoms with Crippen LogP contribution in [0.2, 0.25) is 0 Å². The highest BCUT2D eigenvalue weighted by molar-refractivity contribution is 7.89. The van der Waals surface area contributed by atoms with E-state index in [2.05, 4.69) is 24.1 Å². The van der Waals surface area contributed by atoms with Gasteiger partial charge in [-0.05, 0) is 44.2 Å². The molecule has 1 heterocycles. The molecule has 27 heavy (non-hydrogen) atoms. The molecule has 3 rings (SSSR count). The Kier molecular flexibility index (Phi) is 5.81. The van der Waals surface area contributed by atoms with E-state index in [1.54, 1.807) is 19.2 Å². The molecule has 0 radical (unpaired) electrons. The third kappa shape index (κ3) is 3.83. The molecule has 0 aliphatic carbocycles. The highest BCUT2D eigenvalue weighted by Gasteiger charge is 2.24. The van der Waals surface area contributed by atoms with Gasteiger partial charge in [-0.3, -0.25) is 0 Å². The number of anilines is 1. The molecule has 0 bridgehead atoms. The lowest BCUT2D eigenvalue weighted by atomic mass is 10.1. The molecule has 7 heteroatoms. The lowest BCUT2D eigenvalue weighted by Gasteiger charge is -2.29. The molecule has 1 aliphatic heterocycles. The van der Waals surface area contributed by atoms with Gasteiger partial charge in [0.25, 0.3) is 0 Å². The normalized spacial score (nSPS) is 15.9. The van der Waals surface area contributed by atoms with E-state index in [0.29, 0.717) is 10.7 Å². The van der Waals surface area contributed by atoms with Crippen molar-refractivity contribution >= 4 is 22.3 Å². The second-order valence-electron chi connectivity index (χ2n) is 5.94. The fraction of sp³-hybridized carbons (Fsp3) is 0.250. The topological polar surface area (TPSA) is 80.0 Å². The van der Waals surface area contributed by atoms with Gasteiger partial charge in [0.1, 0.15) is 27.4 Å². The number of hydrogen-bond donors (Lipinski definition) is 2. The van der Waals surface area contributed by atoms with Crippen molar-refractivity contribution < 1.29 is 8.95 Å². The first-order chi connectivity index (χ1) is 13.1. The van der Waals surface area contributed by atoms with Crippen LogP contribution in [0.3, 0.4) is 0 Å². The van der Waals surface area contributed by atoms with E-state index in [-0.39, 0.29) is 5.03 Å². The molecule has 1 aliphatic rings. The van der Waals surface area contributed by atoms with Crippen LogP contribution in [0, 0.1) is 0 Å². The highest BCUT2D eigenvalue weighted by Crippen LogP contribution is 2.30. The number of rotatable bonds is 5. The second kappa shape index (κ2) is 8.26. The zero-order valence-corrected chi connectivity index (χ0v) is 16.5. The molecule has 3 N–H and O–H groups in total. The minimum atomic E-state index is -1.50. The Hall–Kier alpha value is -2.80. The maximum Gasteiger partial charge on any atom is 0.165 e. The molecule has 2 aromatic carbocycles. The lowest BCUT2D eigenvalue weighted by Crippen LogP contribution is -2.34. The van der Waals surface area contributed by atoms with Gasteiger partial charge in [-0.1, -0.05) is 18.2 Å². The Morgan fingerprint density at radius 1 is 1.19 bits per heavy atom. The first kappa shape index (κ1) is 19.0. The van der Waals surface area contributed by atoms with Crippen molar-refractivity contribution in [1.82, 2.24) is 4.90 Å². The van der Waals surface area contributed by atoms with E-state index in [1.807, 2.05) is 36.4 Å². The Balaban J connectivity index is 2.10. The van der Waals surface area contributed by atoms with Gasteiger partial charge < -0.3 is 20.7 Å². The summed E-state index contributed by atoms with van der Waals surface area (Å²) in [6.07, 6.45) is 0. The number of benzene rings is 2. The quantitative estimate of drug-likeness (QED) is 0.828. The molecule has 2 aromatic rings. The van der Waals surface area contributed by atoms with Gasteiger partial charge in [0.15, 0.2) is 5.82 Å². The summed E-state index contributed by atoms with van der Waals surface area (Å²) in [5.41, 5.74) is 8.04. The number of amidine groups is 1. The number of nitrogens with zero attached hydrogens (tertiary/aromatic N) is 2. The standard InChI is InChI=1S/C20H24N4O2S/c1-4-24(5-2)20-16-13-14(26-3)11-12-17(16)22-19(23-20)18(21)27(25)15-9-7-6-8-10-15/h6-13,22H,4-5,21H2,1-3H3/b19-18-. The number of hydrogen-bond acceptors (Lipinski definition) is 6. The van der Waals surface area contributed by atoms with Gasteiger partial charge in [0.05, 0.1) is 12.8 Å². The minimum Gasteiger partial charge on any atom is -0.497 e. The van der Waals surface area contributed by atoms with Crippen LogP contribution in [0.1, 0.15) is 19.4 Å². The fourth-order valence-corrected chi connectivity index (χ4v) is 3.84. The van der Waals surface area contributed by atoms with Crippen LogP contribution >= 0.6 is 0 Å². The zero-order chi connectivity index (χ0) is 19.4. The number of aliphatic imine (C=N–C) groups is 1. The van der Waals surface area contributed by atoms with Crippen molar-refractivity contribution in [2.24, 2.45) is 10.7 Å². The van der Waals surface area contributed by atoms with Gasteiger partial charge in [-0.2, -0.15) is 0 Å². The van der Waals surface area contributed by atoms with Crippen molar-refractivity contribution in [3.05, 3.63) is 64.9 Å². The van der Waals surface area contributed by atoms with Gasteiger partial charge >= 0.3 is 0 Å². The molecule has 0 aromatic heterocycles. The molecule has 0 amide bonds. The number of ether oxygens (including phenoxy) is 1. The molecule has 1 atom stereocenters. The van der Waals surface area contributed by atoms with E-state index in [0.717, 1.165) is 35.9 Å². The van der Waals surface area contributed by atoms with E-state index < -0.39 is 10.8 Å².